The van der Waals surface area contributed by atoms with E-state index in [1.807, 2.05) is 0 Å². The highest BCUT2D eigenvalue weighted by atomic mass is 16.7. The summed E-state index contributed by atoms with van der Waals surface area (Å²) >= 11 is 0. The second-order valence-electron chi connectivity index (χ2n) is 5.05. The van der Waals surface area contributed by atoms with Crippen molar-refractivity contribution in [3.63, 3.8) is 0 Å². The van der Waals surface area contributed by atoms with Gasteiger partial charge in [0.25, 0.3) is 0 Å². The van der Waals surface area contributed by atoms with E-state index in [-0.39, 0.29) is 0 Å². The molecule has 18 heavy (non-hydrogen) atoms. The summed E-state index contributed by atoms with van der Waals surface area (Å²) in [5, 5.41) is 2.40. The molecule has 0 amide bonds. The SMILES string of the molecule is CC[NH+](CC)[C@@H]1C[NH2+]Cc2cc3c(cc21)OCO3. The predicted molar refractivity (Wildman–Crippen MR) is 67.8 cm³/mol. The molecule has 0 saturated heterocycles. The third-order valence-electron chi connectivity index (χ3n) is 4.18. The fraction of sp³-hybridized carbons (Fsp3) is 0.571. The van der Waals surface area contributed by atoms with Crippen molar-refractivity contribution >= 4 is 0 Å². The van der Waals surface area contributed by atoms with E-state index < -0.39 is 0 Å². The molecule has 3 N–H and O–H groups in total. The van der Waals surface area contributed by atoms with Crippen molar-refractivity contribution in [1.82, 2.24) is 0 Å². The van der Waals surface area contributed by atoms with Gasteiger partial charge in [0, 0.05) is 11.1 Å². The highest BCUT2D eigenvalue weighted by Crippen LogP contribution is 2.36. The summed E-state index contributed by atoms with van der Waals surface area (Å²) in [7, 11) is 0. The van der Waals surface area contributed by atoms with Gasteiger partial charge in [0.1, 0.15) is 13.1 Å². The number of hydrogen-bond acceptors (Lipinski definition) is 2. The second kappa shape index (κ2) is 4.78. The fourth-order valence-corrected chi connectivity index (χ4v) is 3.16. The molecule has 3 rings (SSSR count). The molecular formula is C14H22N2O2+2. The van der Waals surface area contributed by atoms with Crippen LogP contribution in [-0.4, -0.2) is 26.4 Å². The minimum absolute atomic E-state index is 0.366. The van der Waals surface area contributed by atoms with Crippen molar-refractivity contribution in [3.8, 4) is 11.5 Å². The fourth-order valence-electron chi connectivity index (χ4n) is 3.16. The third kappa shape index (κ3) is 1.85. The molecule has 0 aliphatic carbocycles. The maximum absolute atomic E-state index is 5.52. The van der Waals surface area contributed by atoms with Crippen LogP contribution in [0.2, 0.25) is 0 Å². The first-order valence-electron chi connectivity index (χ1n) is 6.92. The van der Waals surface area contributed by atoms with E-state index in [1.165, 1.54) is 30.8 Å². The average molecular weight is 250 g/mol. The van der Waals surface area contributed by atoms with Crippen molar-refractivity contribution in [1.29, 1.82) is 0 Å². The van der Waals surface area contributed by atoms with Gasteiger partial charge in [-0.15, -0.1) is 0 Å². The Hall–Kier alpha value is -1.26. The van der Waals surface area contributed by atoms with Crippen molar-refractivity contribution in [2.75, 3.05) is 26.4 Å². The first kappa shape index (κ1) is 11.8. The molecule has 2 aliphatic heterocycles. The minimum atomic E-state index is 0.366. The van der Waals surface area contributed by atoms with Gasteiger partial charge in [-0.25, -0.2) is 0 Å². The van der Waals surface area contributed by atoms with Crippen LogP contribution in [0.15, 0.2) is 12.1 Å². The van der Waals surface area contributed by atoms with Crippen LogP contribution in [0, 0.1) is 0 Å². The highest BCUT2D eigenvalue weighted by Gasteiger charge is 2.32. The van der Waals surface area contributed by atoms with Gasteiger partial charge in [0.05, 0.1) is 13.1 Å². The molecule has 0 saturated carbocycles. The van der Waals surface area contributed by atoms with E-state index >= 15 is 0 Å². The molecule has 0 bridgehead atoms. The van der Waals surface area contributed by atoms with E-state index in [0.29, 0.717) is 12.8 Å². The Balaban J connectivity index is 1.99. The van der Waals surface area contributed by atoms with Crippen molar-refractivity contribution in [2.24, 2.45) is 0 Å². The van der Waals surface area contributed by atoms with Gasteiger partial charge >= 0.3 is 0 Å². The van der Waals surface area contributed by atoms with Crippen LogP contribution in [0.25, 0.3) is 0 Å². The summed E-state index contributed by atoms with van der Waals surface area (Å²) in [5.41, 5.74) is 2.87. The van der Waals surface area contributed by atoms with E-state index in [9.17, 15) is 0 Å². The van der Waals surface area contributed by atoms with E-state index in [2.05, 4.69) is 31.3 Å². The lowest BCUT2D eigenvalue weighted by molar-refractivity contribution is -0.945. The Morgan fingerprint density at radius 3 is 2.67 bits per heavy atom. The quantitative estimate of drug-likeness (QED) is 0.756. The van der Waals surface area contributed by atoms with Gasteiger partial charge < -0.3 is 19.7 Å². The number of ether oxygens (including phenoxy) is 2. The summed E-state index contributed by atoms with van der Waals surface area (Å²) in [5.74, 6) is 1.84. The molecule has 2 heterocycles. The summed E-state index contributed by atoms with van der Waals surface area (Å²) < 4.78 is 11.0. The first-order valence-corrected chi connectivity index (χ1v) is 6.92. The lowest BCUT2D eigenvalue weighted by atomic mass is 9.94. The largest absolute Gasteiger partial charge is 0.454 e. The number of benzene rings is 1. The van der Waals surface area contributed by atoms with Gasteiger partial charge in [0.15, 0.2) is 17.5 Å². The zero-order chi connectivity index (χ0) is 12.5. The van der Waals surface area contributed by atoms with Gasteiger partial charge in [-0.05, 0) is 26.0 Å². The Morgan fingerprint density at radius 2 is 1.94 bits per heavy atom. The van der Waals surface area contributed by atoms with Gasteiger partial charge in [-0.3, -0.25) is 0 Å². The molecule has 0 unspecified atom stereocenters. The lowest BCUT2D eigenvalue weighted by Crippen LogP contribution is -3.14. The molecule has 1 aromatic carbocycles. The molecular weight excluding hydrogens is 228 g/mol. The van der Waals surface area contributed by atoms with Crippen LogP contribution in [0.1, 0.15) is 31.0 Å². The number of nitrogens with one attached hydrogen (secondary N) is 1. The summed E-state index contributed by atoms with van der Waals surface area (Å²) in [6, 6.07) is 4.96. The number of hydrogen-bond donors (Lipinski definition) is 2. The minimum Gasteiger partial charge on any atom is -0.454 e. The Morgan fingerprint density at radius 1 is 1.22 bits per heavy atom. The number of fused-ring (bicyclic) bond motifs is 2. The maximum Gasteiger partial charge on any atom is 0.231 e. The maximum atomic E-state index is 5.52. The summed E-state index contributed by atoms with van der Waals surface area (Å²) in [6.45, 7) is 9.46. The molecule has 1 aromatic rings. The number of rotatable bonds is 3. The average Bonchev–Trinajstić information content (AvgIpc) is 2.85. The highest BCUT2D eigenvalue weighted by molar-refractivity contribution is 5.49. The topological polar surface area (TPSA) is 39.5 Å². The van der Waals surface area contributed by atoms with E-state index in [0.717, 1.165) is 18.0 Å². The molecule has 1 atom stereocenters. The lowest BCUT2D eigenvalue weighted by Gasteiger charge is -2.30. The van der Waals surface area contributed by atoms with Crippen LogP contribution in [0.3, 0.4) is 0 Å². The van der Waals surface area contributed by atoms with Crippen molar-refractivity contribution in [3.05, 3.63) is 23.3 Å². The second-order valence-corrected chi connectivity index (χ2v) is 5.05. The van der Waals surface area contributed by atoms with Crippen LogP contribution in [0.5, 0.6) is 11.5 Å². The van der Waals surface area contributed by atoms with Crippen LogP contribution in [-0.2, 0) is 6.54 Å². The zero-order valence-electron chi connectivity index (χ0n) is 11.2. The summed E-state index contributed by atoms with van der Waals surface area (Å²) in [6.07, 6.45) is 0. The standard InChI is InChI=1S/C14H20N2O2/c1-3-16(4-2)12-8-15-7-10-5-13-14(6-11(10)12)18-9-17-13/h5-6,12,15H,3-4,7-9H2,1-2H3/p+2/t12-/m1/s1. The van der Waals surface area contributed by atoms with Gasteiger partial charge in [-0.2, -0.15) is 0 Å². The molecule has 0 radical (unpaired) electrons. The molecule has 0 fully saturated rings. The Bertz CT molecular complexity index is 444. The monoisotopic (exact) mass is 250 g/mol. The number of nitrogens with two attached hydrogens (primary N) is 1. The molecule has 2 aliphatic rings. The van der Waals surface area contributed by atoms with Crippen LogP contribution < -0.4 is 19.7 Å². The van der Waals surface area contributed by atoms with Crippen molar-refractivity contribution in [2.45, 2.75) is 26.4 Å². The zero-order valence-corrected chi connectivity index (χ0v) is 11.2. The molecule has 98 valence electrons. The predicted octanol–water partition coefficient (Wildman–Crippen LogP) is -0.542. The molecule has 4 nitrogen and oxygen atoms in total. The number of quaternary nitrogens is 2. The molecule has 0 spiro atoms. The third-order valence-corrected chi connectivity index (χ3v) is 4.18. The van der Waals surface area contributed by atoms with Gasteiger partial charge in [0.2, 0.25) is 6.79 Å². The van der Waals surface area contributed by atoms with Crippen LogP contribution >= 0.6 is 0 Å². The van der Waals surface area contributed by atoms with E-state index in [4.69, 9.17) is 9.47 Å². The molecule has 4 heteroatoms. The Labute approximate surface area is 108 Å². The first-order chi connectivity index (χ1) is 8.83. The number of likely N-dealkylation sites (N-methyl/N-ethyl adjacent to an activating group) is 1. The van der Waals surface area contributed by atoms with Crippen LogP contribution in [0.4, 0.5) is 0 Å². The smallest absolute Gasteiger partial charge is 0.231 e. The van der Waals surface area contributed by atoms with Gasteiger partial charge in [-0.1, -0.05) is 0 Å². The normalized spacial score (nSPS) is 21.2. The van der Waals surface area contributed by atoms with Crippen molar-refractivity contribution < 1.29 is 19.7 Å². The van der Waals surface area contributed by atoms with E-state index in [1.54, 1.807) is 4.90 Å². The Kier molecular flexibility index (Phi) is 3.14. The molecule has 0 aromatic heterocycles. The summed E-state index contributed by atoms with van der Waals surface area (Å²) in [4.78, 5) is 1.64.